The van der Waals surface area contributed by atoms with Crippen molar-refractivity contribution in [2.45, 2.75) is 17.3 Å². The molecular weight excluding hydrogens is 372 g/mol. The van der Waals surface area contributed by atoms with Crippen molar-refractivity contribution >= 4 is 17.6 Å². The van der Waals surface area contributed by atoms with Gasteiger partial charge in [0.2, 0.25) is 0 Å². The van der Waals surface area contributed by atoms with E-state index < -0.39 is 10.8 Å². The Balaban J connectivity index is 1.95. The molecule has 1 fully saturated rings. The van der Waals surface area contributed by atoms with Gasteiger partial charge in [-0.3, -0.25) is 4.79 Å². The summed E-state index contributed by atoms with van der Waals surface area (Å²) in [7, 11) is 3.09. The normalized spacial score (nSPS) is 23.1. The molecule has 3 aromatic rings. The molecule has 1 aliphatic rings. The Labute approximate surface area is 169 Å². The summed E-state index contributed by atoms with van der Waals surface area (Å²) in [4.78, 5) is 13.2. The average molecular weight is 393 g/mol. The summed E-state index contributed by atoms with van der Waals surface area (Å²) in [5, 5.41) is 0.638. The van der Waals surface area contributed by atoms with Crippen molar-refractivity contribution in [3.63, 3.8) is 0 Å². The van der Waals surface area contributed by atoms with Gasteiger partial charge in [0.05, 0.1) is 14.2 Å². The molecule has 0 N–H and O–H groups in total. The van der Waals surface area contributed by atoms with Crippen molar-refractivity contribution < 1.29 is 14.3 Å². The second kappa shape index (κ2) is 6.99. The molecule has 1 saturated carbocycles. The maximum absolute atomic E-state index is 13.2. The highest BCUT2D eigenvalue weighted by molar-refractivity contribution is 6.30. The van der Waals surface area contributed by atoms with Gasteiger partial charge in [0.25, 0.3) is 0 Å². The number of hydrogen-bond donors (Lipinski definition) is 0. The predicted octanol–water partition coefficient (Wildman–Crippen LogP) is 5.15. The van der Waals surface area contributed by atoms with Gasteiger partial charge in [-0.15, -0.1) is 0 Å². The molecular formula is C24H21ClO3. The molecule has 0 unspecified atom stereocenters. The summed E-state index contributed by atoms with van der Waals surface area (Å²) in [6.07, 6.45) is 0.630. The highest BCUT2D eigenvalue weighted by atomic mass is 35.5. The van der Waals surface area contributed by atoms with Crippen LogP contribution in [0.4, 0.5) is 0 Å². The molecule has 0 spiro atoms. The van der Waals surface area contributed by atoms with Crippen LogP contribution in [0.2, 0.25) is 5.02 Å². The molecule has 3 aromatic carbocycles. The van der Waals surface area contributed by atoms with Gasteiger partial charge in [-0.1, -0.05) is 66.2 Å². The van der Waals surface area contributed by atoms with Gasteiger partial charge in [0.1, 0.15) is 11.2 Å². The summed E-state index contributed by atoms with van der Waals surface area (Å²) < 4.78 is 10.6. The minimum atomic E-state index is -0.803. The highest BCUT2D eigenvalue weighted by Crippen LogP contribution is 2.69. The Morgan fingerprint density at radius 2 is 1.39 bits per heavy atom. The van der Waals surface area contributed by atoms with Gasteiger partial charge in [0.15, 0.2) is 0 Å². The minimum absolute atomic E-state index is 0.241. The van der Waals surface area contributed by atoms with Crippen molar-refractivity contribution in [2.75, 3.05) is 14.2 Å². The first kappa shape index (κ1) is 18.6. The highest BCUT2D eigenvalue weighted by Gasteiger charge is 2.74. The van der Waals surface area contributed by atoms with E-state index in [9.17, 15) is 4.79 Å². The van der Waals surface area contributed by atoms with Gasteiger partial charge in [-0.05, 0) is 47.4 Å². The smallest absolute Gasteiger partial charge is 0.317 e. The number of ether oxygens (including phenoxy) is 2. The molecule has 142 valence electrons. The van der Waals surface area contributed by atoms with Gasteiger partial charge in [0, 0.05) is 10.4 Å². The van der Waals surface area contributed by atoms with Crippen LogP contribution in [-0.2, 0) is 20.4 Å². The van der Waals surface area contributed by atoms with Gasteiger partial charge in [-0.25, -0.2) is 0 Å². The molecule has 0 saturated heterocycles. The van der Waals surface area contributed by atoms with E-state index in [4.69, 9.17) is 21.1 Å². The van der Waals surface area contributed by atoms with E-state index in [0.717, 1.165) is 22.4 Å². The van der Waals surface area contributed by atoms with Crippen LogP contribution in [0.1, 0.15) is 23.1 Å². The fourth-order valence-electron chi connectivity index (χ4n) is 4.44. The lowest BCUT2D eigenvalue weighted by Crippen LogP contribution is -2.32. The average Bonchev–Trinajstić information content (AvgIpc) is 3.47. The molecule has 0 heterocycles. The lowest BCUT2D eigenvalue weighted by atomic mass is 9.77. The molecule has 0 radical (unpaired) electrons. The Kier molecular flexibility index (Phi) is 4.64. The van der Waals surface area contributed by atoms with Crippen molar-refractivity contribution in [3.8, 4) is 5.75 Å². The lowest BCUT2D eigenvalue weighted by molar-refractivity contribution is -0.144. The molecule has 4 rings (SSSR count). The number of carbonyl (C=O) groups excluding carboxylic acids is 1. The molecule has 3 nitrogen and oxygen atoms in total. The number of esters is 1. The number of benzene rings is 3. The standard InChI is InChI=1S/C24H21ClO3/c1-27-21-14-10-18(11-15-21)23(17-6-4-3-5-7-17)16-24(23,22(26)28-2)19-8-12-20(25)13-9-19/h3-15H,16H2,1-2H3/t23-,24-/m1/s1. The quantitative estimate of drug-likeness (QED) is 0.563. The van der Waals surface area contributed by atoms with E-state index in [0.29, 0.717) is 11.4 Å². The molecule has 1 aliphatic carbocycles. The van der Waals surface area contributed by atoms with Crippen molar-refractivity contribution in [1.29, 1.82) is 0 Å². The summed E-state index contributed by atoms with van der Waals surface area (Å²) in [5.74, 6) is 0.539. The van der Waals surface area contributed by atoms with Crippen LogP contribution in [0.15, 0.2) is 78.9 Å². The van der Waals surface area contributed by atoms with E-state index in [1.165, 1.54) is 7.11 Å². The second-order valence-electron chi connectivity index (χ2n) is 7.08. The number of methoxy groups -OCH3 is 2. The Hall–Kier alpha value is -2.78. The largest absolute Gasteiger partial charge is 0.497 e. The molecule has 0 amide bonds. The van der Waals surface area contributed by atoms with Crippen molar-refractivity contribution in [2.24, 2.45) is 0 Å². The van der Waals surface area contributed by atoms with Crippen LogP contribution in [0.5, 0.6) is 5.75 Å². The lowest BCUT2D eigenvalue weighted by Gasteiger charge is -2.26. The number of carbonyl (C=O) groups is 1. The monoisotopic (exact) mass is 392 g/mol. The van der Waals surface area contributed by atoms with Gasteiger partial charge in [-0.2, -0.15) is 0 Å². The Bertz CT molecular complexity index is 983. The molecule has 0 aromatic heterocycles. The van der Waals surface area contributed by atoms with E-state index in [1.54, 1.807) is 7.11 Å². The zero-order chi connectivity index (χ0) is 19.8. The van der Waals surface area contributed by atoms with Crippen LogP contribution in [-0.4, -0.2) is 20.2 Å². The third-order valence-corrected chi connectivity index (χ3v) is 6.11. The second-order valence-corrected chi connectivity index (χ2v) is 7.52. The zero-order valence-electron chi connectivity index (χ0n) is 15.8. The first-order chi connectivity index (χ1) is 13.6. The summed E-state index contributed by atoms with van der Waals surface area (Å²) >= 11 is 6.10. The maximum atomic E-state index is 13.2. The van der Waals surface area contributed by atoms with Crippen LogP contribution < -0.4 is 4.74 Å². The Morgan fingerprint density at radius 1 is 0.821 bits per heavy atom. The fraction of sp³-hybridized carbons (Fsp3) is 0.208. The third-order valence-electron chi connectivity index (χ3n) is 5.85. The van der Waals surface area contributed by atoms with Crippen molar-refractivity contribution in [3.05, 3.63) is 101 Å². The van der Waals surface area contributed by atoms with Gasteiger partial charge < -0.3 is 9.47 Å². The minimum Gasteiger partial charge on any atom is -0.497 e. The molecule has 2 atom stereocenters. The number of hydrogen-bond acceptors (Lipinski definition) is 3. The number of halogens is 1. The topological polar surface area (TPSA) is 35.5 Å². The summed E-state index contributed by atoms with van der Waals surface area (Å²) in [6, 6.07) is 25.6. The van der Waals surface area contributed by atoms with Crippen LogP contribution in [0.25, 0.3) is 0 Å². The summed E-state index contributed by atoms with van der Waals surface area (Å²) in [6.45, 7) is 0. The predicted molar refractivity (Wildman–Crippen MR) is 110 cm³/mol. The summed E-state index contributed by atoms with van der Waals surface area (Å²) in [5.41, 5.74) is 1.73. The first-order valence-corrected chi connectivity index (χ1v) is 9.51. The molecule has 0 bridgehead atoms. The van der Waals surface area contributed by atoms with E-state index >= 15 is 0 Å². The van der Waals surface area contributed by atoms with E-state index in [2.05, 4.69) is 12.1 Å². The van der Waals surface area contributed by atoms with Crippen LogP contribution in [0, 0.1) is 0 Å². The molecule has 4 heteroatoms. The number of rotatable bonds is 5. The van der Waals surface area contributed by atoms with E-state index in [1.807, 2.05) is 66.7 Å². The van der Waals surface area contributed by atoms with Crippen LogP contribution >= 0.6 is 11.6 Å². The van der Waals surface area contributed by atoms with Crippen LogP contribution in [0.3, 0.4) is 0 Å². The third kappa shape index (κ3) is 2.61. The molecule has 28 heavy (non-hydrogen) atoms. The van der Waals surface area contributed by atoms with E-state index in [-0.39, 0.29) is 5.97 Å². The first-order valence-electron chi connectivity index (χ1n) is 9.13. The Morgan fingerprint density at radius 3 is 1.96 bits per heavy atom. The maximum Gasteiger partial charge on any atom is 0.317 e. The SMILES string of the molecule is COC(=O)[C@]1(c2ccc(Cl)cc2)C[C@@]1(c1ccccc1)c1ccc(OC)cc1. The molecule has 0 aliphatic heterocycles. The fourth-order valence-corrected chi connectivity index (χ4v) is 4.56. The zero-order valence-corrected chi connectivity index (χ0v) is 16.6. The van der Waals surface area contributed by atoms with Gasteiger partial charge >= 0.3 is 5.97 Å². The van der Waals surface area contributed by atoms with Crippen molar-refractivity contribution in [1.82, 2.24) is 0 Å².